The lowest BCUT2D eigenvalue weighted by molar-refractivity contribution is -0.137. The van der Waals surface area contributed by atoms with Crippen LogP contribution in [0.3, 0.4) is 0 Å². The van der Waals surface area contributed by atoms with E-state index in [1.54, 1.807) is 28.4 Å². The van der Waals surface area contributed by atoms with E-state index in [2.05, 4.69) is 78.5 Å². The molecule has 0 amide bonds. The van der Waals surface area contributed by atoms with Gasteiger partial charge in [0.05, 0.1) is 28.4 Å². The molecule has 9 rings (SSSR count). The second-order valence-corrected chi connectivity index (χ2v) is 18.7. The molecule has 4 aromatic rings. The fourth-order valence-corrected chi connectivity index (χ4v) is 10.3. The molecule has 5 aliphatic rings. The van der Waals surface area contributed by atoms with Crippen LogP contribution in [0.2, 0.25) is 0 Å². The summed E-state index contributed by atoms with van der Waals surface area (Å²) in [5.74, 6) is 5.65. The Bertz CT molecular complexity index is 2240. The van der Waals surface area contributed by atoms with Crippen LogP contribution in [0.25, 0.3) is 0 Å². The Morgan fingerprint density at radius 1 is 0.652 bits per heavy atom. The van der Waals surface area contributed by atoms with E-state index >= 15 is 0 Å². The van der Waals surface area contributed by atoms with Gasteiger partial charge in [0, 0.05) is 37.2 Å². The molecule has 6 bridgehead atoms. The average Bonchev–Trinajstić information content (AvgIpc) is 3.85. The molecule has 4 aromatic carbocycles. The third kappa shape index (κ3) is 12.4. The first kappa shape index (κ1) is 48.7. The van der Waals surface area contributed by atoms with Crippen LogP contribution in [0, 0.1) is 5.92 Å². The van der Waals surface area contributed by atoms with Gasteiger partial charge in [-0.2, -0.15) is 0 Å². The zero-order valence-electron chi connectivity index (χ0n) is 40.5. The third-order valence-corrected chi connectivity index (χ3v) is 14.2. The van der Waals surface area contributed by atoms with Gasteiger partial charge >= 0.3 is 5.97 Å². The number of carbonyl (C=O) groups is 1. The van der Waals surface area contributed by atoms with Gasteiger partial charge in [-0.05, 0) is 142 Å². The van der Waals surface area contributed by atoms with Crippen LogP contribution in [0.4, 0.5) is 0 Å². The Kier molecular flexibility index (Phi) is 17.7. The van der Waals surface area contributed by atoms with E-state index in [9.17, 15) is 4.79 Å². The van der Waals surface area contributed by atoms with Crippen LogP contribution in [0.15, 0.2) is 72.8 Å². The quantitative estimate of drug-likeness (QED) is 0.0814. The summed E-state index contributed by atoms with van der Waals surface area (Å²) in [6.45, 7) is 1.86. The van der Waals surface area contributed by atoms with Gasteiger partial charge in [-0.1, -0.05) is 88.1 Å². The molecule has 10 heteroatoms. The smallest absolute Gasteiger partial charge is 0.303 e. The van der Waals surface area contributed by atoms with E-state index in [1.807, 2.05) is 18.2 Å². The van der Waals surface area contributed by atoms with Crippen molar-refractivity contribution in [3.05, 3.63) is 106 Å². The van der Waals surface area contributed by atoms with Gasteiger partial charge in [0.15, 0.2) is 34.5 Å². The monoisotopic (exact) mass is 903 g/mol. The second kappa shape index (κ2) is 24.0. The van der Waals surface area contributed by atoms with Crippen molar-refractivity contribution in [1.29, 1.82) is 0 Å². The lowest BCUT2D eigenvalue weighted by Crippen LogP contribution is -2.34. The maximum atomic E-state index is 10.3. The number of nitrogens with zero attached hydrogens (tertiary/aromatic N) is 2. The number of likely N-dealkylation sites (N-methyl/N-ethyl adjacent to an activating group) is 2. The number of unbranched alkanes of at least 4 members (excludes halogenated alkanes) is 9. The summed E-state index contributed by atoms with van der Waals surface area (Å²) in [6.07, 6.45) is 25.3. The largest absolute Gasteiger partial charge is 0.493 e. The molecule has 10 nitrogen and oxygen atoms in total. The van der Waals surface area contributed by atoms with Gasteiger partial charge in [-0.25, -0.2) is 0 Å². The van der Waals surface area contributed by atoms with Gasteiger partial charge in [0.25, 0.3) is 0 Å². The van der Waals surface area contributed by atoms with E-state index in [1.165, 1.54) is 92.9 Å². The highest BCUT2D eigenvalue weighted by molar-refractivity contribution is 5.66. The van der Waals surface area contributed by atoms with Gasteiger partial charge in [0.2, 0.25) is 5.75 Å². The molecule has 3 unspecified atom stereocenters. The number of hydrogen-bond donors (Lipinski definition) is 1. The molecule has 1 N–H and O–H groups in total. The zero-order chi connectivity index (χ0) is 46.4. The van der Waals surface area contributed by atoms with Crippen molar-refractivity contribution in [2.45, 2.75) is 128 Å². The maximum absolute atomic E-state index is 10.3. The minimum Gasteiger partial charge on any atom is -0.493 e. The van der Waals surface area contributed by atoms with Gasteiger partial charge in [0.1, 0.15) is 5.75 Å². The molecule has 4 aliphatic heterocycles. The summed E-state index contributed by atoms with van der Waals surface area (Å²) in [7, 11) is 11.1. The Labute approximate surface area is 394 Å². The lowest BCUT2D eigenvalue weighted by Gasteiger charge is -2.37. The molecule has 0 spiro atoms. The number of allylic oxidation sites excluding steroid dienone is 2. The number of aliphatic carboxylic acids is 1. The molecule has 356 valence electrons. The van der Waals surface area contributed by atoms with Crippen molar-refractivity contribution >= 4 is 5.97 Å². The highest BCUT2D eigenvalue weighted by Crippen LogP contribution is 2.52. The summed E-state index contributed by atoms with van der Waals surface area (Å²) in [4.78, 5) is 15.2. The highest BCUT2D eigenvalue weighted by atomic mass is 16.5. The maximum Gasteiger partial charge on any atom is 0.303 e. The Hall–Kier alpha value is -5.19. The van der Waals surface area contributed by atoms with E-state index in [0.29, 0.717) is 46.7 Å². The zero-order valence-corrected chi connectivity index (χ0v) is 40.5. The van der Waals surface area contributed by atoms with Crippen molar-refractivity contribution < 1.29 is 38.3 Å². The van der Waals surface area contributed by atoms with Crippen LogP contribution in [-0.2, 0) is 30.5 Å². The summed E-state index contributed by atoms with van der Waals surface area (Å²) < 4.78 is 37.1. The van der Waals surface area contributed by atoms with Crippen LogP contribution < -0.4 is 28.4 Å². The molecule has 0 saturated heterocycles. The standard InChI is InChI=1S/C38H42N2O6.C18H32O2/c1-39-15-13-25-20-32(42-4)34-22-28(25)29(39)17-23-7-10-27(11-8-23)45-33-19-24(9-12-31(33)41-3)18-30-36-26(14-16-40(30)2)21-35(43-5)37(44-6)38(36)46-34;19-18(20)16-10-8-6-4-2-1-3-5-7-9-13-17-14-11-12-15-17/h7-12,19-22,29-30H,13-18H2,1-6H3;11,14,17H,1-10,12-13,15-16H2,(H,19,20). The first-order valence-corrected chi connectivity index (χ1v) is 24.6. The number of carboxylic acid groups (broad SMARTS) is 1. The minimum atomic E-state index is -0.655. The van der Waals surface area contributed by atoms with Crippen molar-refractivity contribution in [1.82, 2.24) is 9.80 Å². The van der Waals surface area contributed by atoms with Gasteiger partial charge < -0.3 is 33.5 Å². The first-order chi connectivity index (χ1) is 32.2. The van der Waals surface area contributed by atoms with Crippen LogP contribution in [-0.4, -0.2) is 76.5 Å². The number of hydrogen-bond acceptors (Lipinski definition) is 9. The van der Waals surface area contributed by atoms with E-state index in [0.717, 1.165) is 74.4 Å². The predicted molar refractivity (Wildman–Crippen MR) is 263 cm³/mol. The number of ether oxygens (including phenoxy) is 6. The summed E-state index contributed by atoms with van der Waals surface area (Å²) in [6, 6.07) is 21.2. The molecule has 0 aromatic heterocycles. The number of benzene rings is 4. The number of fused-ring (bicyclic) bond motifs is 2. The van der Waals surface area contributed by atoms with Crippen molar-refractivity contribution in [3.63, 3.8) is 0 Å². The van der Waals surface area contributed by atoms with Crippen molar-refractivity contribution in [3.8, 4) is 46.0 Å². The number of methoxy groups -OCH3 is 4. The number of rotatable bonds is 17. The van der Waals surface area contributed by atoms with Gasteiger partial charge in [-0.3, -0.25) is 14.6 Å². The lowest BCUT2D eigenvalue weighted by atomic mass is 9.87. The SMILES string of the molecule is COc1ccc2cc1Oc1ccc(cc1)CC1c3cc(c(OC)cc3CCN1C)Oc1c(OC)c(OC)cc3c1C(C2)N(C)CC3.O=C(O)CCCCCCCCCCCCC1C=CCC1. The molecule has 3 atom stereocenters. The first-order valence-electron chi connectivity index (χ1n) is 24.6. The molecule has 4 heterocycles. The fourth-order valence-electron chi connectivity index (χ4n) is 10.3. The molecular weight excluding hydrogens is 829 g/mol. The van der Waals surface area contributed by atoms with Crippen LogP contribution in [0.1, 0.15) is 135 Å². The molecule has 0 radical (unpaired) electrons. The Morgan fingerprint density at radius 3 is 1.91 bits per heavy atom. The second-order valence-electron chi connectivity index (χ2n) is 18.7. The predicted octanol–water partition coefficient (Wildman–Crippen LogP) is 12.9. The van der Waals surface area contributed by atoms with E-state index in [-0.39, 0.29) is 12.1 Å². The Balaban J connectivity index is 0.000000273. The third-order valence-electron chi connectivity index (χ3n) is 14.2. The Morgan fingerprint density at radius 2 is 1.26 bits per heavy atom. The molecule has 0 saturated carbocycles. The molecule has 1 aliphatic carbocycles. The van der Waals surface area contributed by atoms with Crippen molar-refractivity contribution in [2.75, 3.05) is 55.6 Å². The van der Waals surface area contributed by atoms with E-state index < -0.39 is 5.97 Å². The number of carboxylic acids is 1. The van der Waals surface area contributed by atoms with Crippen molar-refractivity contribution in [2.24, 2.45) is 5.92 Å². The van der Waals surface area contributed by atoms with E-state index in [4.69, 9.17) is 33.5 Å². The fraction of sp³-hybridized carbons (Fsp3) is 0.518. The topological polar surface area (TPSA) is 99.2 Å². The molecule has 66 heavy (non-hydrogen) atoms. The summed E-state index contributed by atoms with van der Waals surface area (Å²) in [5, 5.41) is 8.52. The van der Waals surface area contributed by atoms with Crippen LogP contribution >= 0.6 is 0 Å². The summed E-state index contributed by atoms with van der Waals surface area (Å²) >= 11 is 0. The van der Waals surface area contributed by atoms with Gasteiger partial charge in [-0.15, -0.1) is 0 Å². The average molecular weight is 903 g/mol. The van der Waals surface area contributed by atoms with Crippen LogP contribution in [0.5, 0.6) is 46.0 Å². The molecule has 0 fully saturated rings. The summed E-state index contributed by atoms with van der Waals surface area (Å²) in [5.41, 5.74) is 7.15. The normalized spacial score (nSPS) is 18.7. The highest BCUT2D eigenvalue weighted by Gasteiger charge is 2.35. The minimum absolute atomic E-state index is 0.000437. The molecular formula is C56H74N2O8.